The number of aromatic hydroxyl groups is 1. The molecule has 0 fully saturated rings. The highest BCUT2D eigenvalue weighted by Crippen LogP contribution is 2.18. The Bertz CT molecular complexity index is 478. The summed E-state index contributed by atoms with van der Waals surface area (Å²) < 4.78 is 0. The van der Waals surface area contributed by atoms with E-state index in [1.165, 1.54) is 24.3 Å². The van der Waals surface area contributed by atoms with Crippen LogP contribution in [0.2, 0.25) is 0 Å². The van der Waals surface area contributed by atoms with E-state index in [0.29, 0.717) is 17.5 Å². The van der Waals surface area contributed by atoms with E-state index in [-0.39, 0.29) is 5.75 Å². The Hall–Kier alpha value is -1.89. The maximum absolute atomic E-state index is 12.1. The third-order valence-corrected chi connectivity index (χ3v) is 3.97. The largest absolute Gasteiger partial charge is 0.508 e. The van der Waals surface area contributed by atoms with E-state index in [1.807, 2.05) is 6.26 Å². The number of urea groups is 1. The average Bonchev–Trinajstić information content (AvgIpc) is 2.45. The number of carboxylic acids is 1. The second-order valence-electron chi connectivity index (χ2n) is 4.56. The van der Waals surface area contributed by atoms with Gasteiger partial charge in [-0.15, -0.1) is 0 Å². The summed E-state index contributed by atoms with van der Waals surface area (Å²) in [5, 5.41) is 21.3. The fourth-order valence-corrected chi connectivity index (χ4v) is 2.00. The predicted octanol–water partition coefficient (Wildman–Crippen LogP) is 2.13. The molecule has 0 aliphatic carbocycles. The molecule has 6 nitrogen and oxygen atoms in total. The maximum Gasteiger partial charge on any atom is 0.323 e. The number of thioether (sulfide) groups is 1. The lowest BCUT2D eigenvalue weighted by Crippen LogP contribution is -2.43. The van der Waals surface area contributed by atoms with Gasteiger partial charge in [0.2, 0.25) is 0 Å². The molecule has 1 unspecified atom stereocenters. The first-order valence-corrected chi connectivity index (χ1v) is 7.81. The molecule has 1 atom stereocenters. The number of benzene rings is 1. The van der Waals surface area contributed by atoms with E-state index < -0.39 is 18.5 Å². The van der Waals surface area contributed by atoms with Crippen molar-refractivity contribution in [1.82, 2.24) is 5.32 Å². The van der Waals surface area contributed by atoms with Crippen LogP contribution in [0.3, 0.4) is 0 Å². The molecule has 0 bridgehead atoms. The second kappa shape index (κ2) is 8.41. The van der Waals surface area contributed by atoms with E-state index in [9.17, 15) is 14.7 Å². The van der Waals surface area contributed by atoms with Gasteiger partial charge in [0.1, 0.15) is 12.3 Å². The van der Waals surface area contributed by atoms with Crippen molar-refractivity contribution in [2.24, 2.45) is 0 Å². The lowest BCUT2D eigenvalue weighted by molar-refractivity contribution is -0.135. The quantitative estimate of drug-likeness (QED) is 0.717. The van der Waals surface area contributed by atoms with Gasteiger partial charge in [-0.2, -0.15) is 11.8 Å². The summed E-state index contributed by atoms with van der Waals surface area (Å²) in [4.78, 5) is 24.2. The normalized spacial score (nSPS) is 11.7. The van der Waals surface area contributed by atoms with Gasteiger partial charge in [-0.05, 0) is 36.9 Å². The minimum atomic E-state index is -1.10. The van der Waals surface area contributed by atoms with Crippen LogP contribution in [0, 0.1) is 0 Å². The van der Waals surface area contributed by atoms with Crippen LogP contribution in [-0.4, -0.2) is 46.8 Å². The predicted molar refractivity (Wildman–Crippen MR) is 84.1 cm³/mol. The minimum Gasteiger partial charge on any atom is -0.508 e. The highest BCUT2D eigenvalue weighted by molar-refractivity contribution is 7.99. The first kappa shape index (κ1) is 17.2. The van der Waals surface area contributed by atoms with Gasteiger partial charge in [-0.1, -0.05) is 6.92 Å². The fourth-order valence-electron chi connectivity index (χ4n) is 1.64. The Kier molecular flexibility index (Phi) is 6.87. The number of carboxylic acid groups (broad SMARTS) is 1. The Morgan fingerprint density at radius 2 is 1.95 bits per heavy atom. The van der Waals surface area contributed by atoms with Crippen molar-refractivity contribution in [3.05, 3.63) is 24.3 Å². The number of nitrogens with one attached hydrogen (secondary N) is 1. The Labute approximate surface area is 128 Å². The van der Waals surface area contributed by atoms with Gasteiger partial charge in [0.15, 0.2) is 0 Å². The van der Waals surface area contributed by atoms with Crippen molar-refractivity contribution in [3.8, 4) is 5.75 Å². The number of aliphatic carboxylic acids is 1. The summed E-state index contributed by atoms with van der Waals surface area (Å²) in [5.41, 5.74) is 0.422. The van der Waals surface area contributed by atoms with E-state index in [2.05, 4.69) is 12.2 Å². The summed E-state index contributed by atoms with van der Waals surface area (Å²) in [6.45, 7) is 2.11. The Morgan fingerprint density at radius 1 is 1.33 bits per heavy atom. The first-order chi connectivity index (χ1) is 9.93. The van der Waals surface area contributed by atoms with Crippen LogP contribution in [0.25, 0.3) is 0 Å². The molecule has 7 heteroatoms. The van der Waals surface area contributed by atoms with Crippen LogP contribution in [0.1, 0.15) is 13.3 Å². The monoisotopic (exact) mass is 312 g/mol. The number of rotatable bonds is 7. The van der Waals surface area contributed by atoms with Crippen LogP contribution in [-0.2, 0) is 4.79 Å². The van der Waals surface area contributed by atoms with Crippen molar-refractivity contribution in [3.63, 3.8) is 0 Å². The van der Waals surface area contributed by atoms with Crippen molar-refractivity contribution in [2.45, 2.75) is 18.6 Å². The summed E-state index contributed by atoms with van der Waals surface area (Å²) in [7, 11) is 0. The van der Waals surface area contributed by atoms with Crippen molar-refractivity contribution in [1.29, 1.82) is 0 Å². The molecule has 116 valence electrons. The number of carbonyl (C=O) groups is 2. The molecule has 1 aromatic rings. The van der Waals surface area contributed by atoms with Crippen molar-refractivity contribution >= 4 is 29.4 Å². The van der Waals surface area contributed by atoms with Gasteiger partial charge in [0.25, 0.3) is 0 Å². The third-order valence-electron chi connectivity index (χ3n) is 2.93. The van der Waals surface area contributed by atoms with Gasteiger partial charge < -0.3 is 15.5 Å². The number of phenolic OH excluding ortho intramolecular Hbond substituents is 1. The number of amides is 2. The van der Waals surface area contributed by atoms with Crippen LogP contribution >= 0.6 is 11.8 Å². The molecule has 0 spiro atoms. The van der Waals surface area contributed by atoms with Gasteiger partial charge in [-0.3, -0.25) is 9.69 Å². The smallest absolute Gasteiger partial charge is 0.323 e. The zero-order valence-corrected chi connectivity index (χ0v) is 12.9. The third kappa shape index (κ3) is 5.95. The number of carbonyl (C=O) groups excluding carboxylic acids is 1. The topological polar surface area (TPSA) is 89.9 Å². The standard InChI is InChI=1S/C14H20N2O4S/c1-10(21-2)7-8-15-14(20)16(9-13(18)19)11-3-5-12(17)6-4-11/h3-6,10,17H,7-9H2,1-2H3,(H,15,20)(H,18,19). The molecule has 1 aromatic carbocycles. The molecule has 0 aliphatic heterocycles. The highest BCUT2D eigenvalue weighted by Gasteiger charge is 2.18. The molecule has 0 heterocycles. The van der Waals surface area contributed by atoms with Crippen LogP contribution in [0.4, 0.5) is 10.5 Å². The van der Waals surface area contributed by atoms with Crippen molar-refractivity contribution in [2.75, 3.05) is 24.2 Å². The molecule has 21 heavy (non-hydrogen) atoms. The van der Waals surface area contributed by atoms with Gasteiger partial charge in [0.05, 0.1) is 0 Å². The zero-order chi connectivity index (χ0) is 15.8. The number of anilines is 1. The van der Waals surface area contributed by atoms with E-state index in [1.54, 1.807) is 11.8 Å². The summed E-state index contributed by atoms with van der Waals surface area (Å²) in [5.74, 6) is -1.04. The SMILES string of the molecule is CSC(C)CCNC(=O)N(CC(=O)O)c1ccc(O)cc1. The Balaban J connectivity index is 2.70. The number of hydrogen-bond acceptors (Lipinski definition) is 4. The van der Waals surface area contributed by atoms with Gasteiger partial charge >= 0.3 is 12.0 Å². The zero-order valence-electron chi connectivity index (χ0n) is 12.1. The molecular weight excluding hydrogens is 292 g/mol. The fraction of sp³-hybridized carbons (Fsp3) is 0.429. The molecule has 0 aromatic heterocycles. The highest BCUT2D eigenvalue weighted by atomic mass is 32.2. The first-order valence-electron chi connectivity index (χ1n) is 6.53. The van der Waals surface area contributed by atoms with Crippen molar-refractivity contribution < 1.29 is 19.8 Å². The summed E-state index contributed by atoms with van der Waals surface area (Å²) >= 11 is 1.71. The molecule has 0 saturated carbocycles. The summed E-state index contributed by atoms with van der Waals surface area (Å²) in [6.07, 6.45) is 2.81. The lowest BCUT2D eigenvalue weighted by atomic mass is 10.2. The van der Waals surface area contributed by atoms with E-state index in [0.717, 1.165) is 11.3 Å². The molecule has 0 saturated heterocycles. The number of phenols is 1. The van der Waals surface area contributed by atoms with Crippen LogP contribution in [0.15, 0.2) is 24.3 Å². The maximum atomic E-state index is 12.1. The molecule has 1 rings (SSSR count). The Morgan fingerprint density at radius 3 is 2.48 bits per heavy atom. The van der Waals surface area contributed by atoms with Gasteiger partial charge in [0, 0.05) is 17.5 Å². The van der Waals surface area contributed by atoms with Crippen LogP contribution in [0.5, 0.6) is 5.75 Å². The minimum absolute atomic E-state index is 0.0585. The molecular formula is C14H20N2O4S. The number of nitrogens with zero attached hydrogens (tertiary/aromatic N) is 1. The molecule has 0 radical (unpaired) electrons. The van der Waals surface area contributed by atoms with Crippen LogP contribution < -0.4 is 10.2 Å². The molecule has 3 N–H and O–H groups in total. The van der Waals surface area contributed by atoms with E-state index >= 15 is 0 Å². The lowest BCUT2D eigenvalue weighted by Gasteiger charge is -2.21. The van der Waals surface area contributed by atoms with Gasteiger partial charge in [-0.25, -0.2) is 4.79 Å². The average molecular weight is 312 g/mol. The van der Waals surface area contributed by atoms with E-state index in [4.69, 9.17) is 5.11 Å². The molecule has 2 amide bonds. The number of hydrogen-bond donors (Lipinski definition) is 3. The molecule has 0 aliphatic rings. The summed E-state index contributed by atoms with van der Waals surface area (Å²) in [6, 6.07) is 5.36. The second-order valence-corrected chi connectivity index (χ2v) is 5.84.